The lowest BCUT2D eigenvalue weighted by atomic mass is 10.1. The Kier molecular flexibility index (Phi) is 6.71. The molecule has 2 amide bonds. The molecular weight excluding hydrogens is 450 g/mol. The van der Waals surface area contributed by atoms with E-state index in [1.165, 1.54) is 30.3 Å². The highest BCUT2D eigenvalue weighted by Crippen LogP contribution is 2.24. The van der Waals surface area contributed by atoms with Gasteiger partial charge >= 0.3 is 6.03 Å². The number of halogens is 1. The van der Waals surface area contributed by atoms with Gasteiger partial charge in [0.05, 0.1) is 5.71 Å². The van der Waals surface area contributed by atoms with E-state index in [2.05, 4.69) is 31.8 Å². The highest BCUT2D eigenvalue weighted by molar-refractivity contribution is 9.10. The van der Waals surface area contributed by atoms with E-state index >= 15 is 0 Å². The van der Waals surface area contributed by atoms with Gasteiger partial charge in [0, 0.05) is 21.3 Å². The number of carbonyl (C=O) groups excluding carboxylic acids is 1. The first kappa shape index (κ1) is 20.9. The van der Waals surface area contributed by atoms with E-state index in [4.69, 9.17) is 0 Å². The van der Waals surface area contributed by atoms with Crippen molar-refractivity contribution in [3.63, 3.8) is 0 Å². The number of urea groups is 1. The second-order valence-corrected chi connectivity index (χ2v) is 7.08. The van der Waals surface area contributed by atoms with Crippen LogP contribution in [0.25, 0.3) is 6.08 Å². The highest BCUT2D eigenvalue weighted by atomic mass is 79.9. The number of para-hydroxylation sites is 1. The van der Waals surface area contributed by atoms with Crippen molar-refractivity contribution in [1.29, 1.82) is 0 Å². The highest BCUT2D eigenvalue weighted by Gasteiger charge is 2.10. The predicted molar refractivity (Wildman–Crippen MR) is 120 cm³/mol. The minimum absolute atomic E-state index is 0.0640. The molecule has 0 saturated heterocycles. The fourth-order valence-electron chi connectivity index (χ4n) is 2.52. The van der Waals surface area contributed by atoms with Crippen LogP contribution in [0, 0.1) is 0 Å². The molecule has 0 spiro atoms. The second-order valence-electron chi connectivity index (χ2n) is 6.16. The third-order valence-electron chi connectivity index (χ3n) is 3.99. The number of phenolic OH excluding ortho intramolecular Hbond substituents is 3. The molecule has 0 radical (unpaired) electrons. The zero-order valence-electron chi connectivity index (χ0n) is 15.6. The number of hydrogen-bond donors (Lipinski definition) is 5. The van der Waals surface area contributed by atoms with Gasteiger partial charge in [0.1, 0.15) is 17.2 Å². The van der Waals surface area contributed by atoms with Crippen LogP contribution in [-0.4, -0.2) is 27.1 Å². The van der Waals surface area contributed by atoms with E-state index in [0.717, 1.165) is 4.47 Å². The van der Waals surface area contributed by atoms with Crippen molar-refractivity contribution in [2.24, 2.45) is 5.10 Å². The van der Waals surface area contributed by atoms with Gasteiger partial charge < -0.3 is 20.6 Å². The number of anilines is 1. The average Bonchev–Trinajstić information content (AvgIpc) is 2.73. The van der Waals surface area contributed by atoms with Crippen LogP contribution in [-0.2, 0) is 0 Å². The van der Waals surface area contributed by atoms with Crippen LogP contribution in [0.1, 0.15) is 11.1 Å². The largest absolute Gasteiger partial charge is 0.508 e. The van der Waals surface area contributed by atoms with Gasteiger partial charge in [0.2, 0.25) is 0 Å². The van der Waals surface area contributed by atoms with E-state index < -0.39 is 6.03 Å². The minimum atomic E-state index is -0.592. The van der Waals surface area contributed by atoms with Crippen LogP contribution >= 0.6 is 15.9 Å². The summed E-state index contributed by atoms with van der Waals surface area (Å²) in [7, 11) is 0. The number of nitrogens with one attached hydrogen (secondary N) is 2. The lowest BCUT2D eigenvalue weighted by Crippen LogP contribution is -2.25. The van der Waals surface area contributed by atoms with Crippen LogP contribution in [0.3, 0.4) is 0 Å². The van der Waals surface area contributed by atoms with Gasteiger partial charge in [-0.15, -0.1) is 0 Å². The minimum Gasteiger partial charge on any atom is -0.508 e. The van der Waals surface area contributed by atoms with Gasteiger partial charge in [-0.1, -0.05) is 34.1 Å². The molecule has 0 atom stereocenters. The molecule has 3 aromatic rings. The number of aromatic hydroxyl groups is 3. The lowest BCUT2D eigenvalue weighted by molar-refractivity contribution is 0.252. The Morgan fingerprint density at radius 1 is 0.933 bits per heavy atom. The number of benzene rings is 3. The molecule has 3 rings (SSSR count). The number of nitrogens with zero attached hydrogens (tertiary/aromatic N) is 1. The summed E-state index contributed by atoms with van der Waals surface area (Å²) in [6.45, 7) is 0. The third kappa shape index (κ3) is 5.62. The summed E-state index contributed by atoms with van der Waals surface area (Å²) in [5.74, 6) is -0.149. The Morgan fingerprint density at radius 3 is 2.40 bits per heavy atom. The molecule has 152 valence electrons. The molecular formula is C22H18BrN3O4. The van der Waals surface area contributed by atoms with Crippen molar-refractivity contribution < 1.29 is 20.1 Å². The number of hydrogen-bond acceptors (Lipinski definition) is 5. The molecule has 0 aliphatic rings. The average molecular weight is 468 g/mol. The quantitative estimate of drug-likeness (QED) is 0.210. The molecule has 0 saturated carbocycles. The van der Waals surface area contributed by atoms with E-state index in [0.29, 0.717) is 11.3 Å². The summed E-state index contributed by atoms with van der Waals surface area (Å²) in [5.41, 5.74) is 3.81. The van der Waals surface area contributed by atoms with Crippen molar-refractivity contribution in [3.8, 4) is 17.2 Å². The second kappa shape index (κ2) is 9.62. The lowest BCUT2D eigenvalue weighted by Gasteiger charge is -2.08. The normalized spacial score (nSPS) is 11.4. The van der Waals surface area contributed by atoms with Gasteiger partial charge in [0.15, 0.2) is 0 Å². The van der Waals surface area contributed by atoms with Gasteiger partial charge in [-0.2, -0.15) is 5.10 Å². The van der Waals surface area contributed by atoms with Crippen molar-refractivity contribution in [1.82, 2.24) is 5.43 Å². The number of hydrazone groups is 1. The molecule has 0 aliphatic carbocycles. The number of rotatable bonds is 5. The molecule has 0 aliphatic heterocycles. The summed E-state index contributed by atoms with van der Waals surface area (Å²) in [6, 6.07) is 17.0. The van der Waals surface area contributed by atoms with E-state index in [9.17, 15) is 20.1 Å². The SMILES string of the molecule is O=C(N/N=C(\C=C\c1ccccc1O)c1cc(O)ccc1O)Nc1ccc(Br)cc1. The van der Waals surface area contributed by atoms with Crippen LogP contribution < -0.4 is 10.7 Å². The smallest absolute Gasteiger partial charge is 0.339 e. The molecule has 0 bridgehead atoms. The first-order chi connectivity index (χ1) is 14.4. The molecule has 5 N–H and O–H groups in total. The third-order valence-corrected chi connectivity index (χ3v) is 4.52. The van der Waals surface area contributed by atoms with Crippen molar-refractivity contribution in [2.45, 2.75) is 0 Å². The number of allylic oxidation sites excluding steroid dienone is 1. The molecule has 3 aromatic carbocycles. The molecule has 0 aromatic heterocycles. The van der Waals surface area contributed by atoms with Gasteiger partial charge in [0.25, 0.3) is 0 Å². The van der Waals surface area contributed by atoms with E-state index in [1.807, 2.05) is 0 Å². The topological polar surface area (TPSA) is 114 Å². The molecule has 8 heteroatoms. The first-order valence-electron chi connectivity index (χ1n) is 8.81. The van der Waals surface area contributed by atoms with Crippen molar-refractivity contribution >= 4 is 39.4 Å². The molecule has 30 heavy (non-hydrogen) atoms. The van der Waals surface area contributed by atoms with Crippen LogP contribution in [0.2, 0.25) is 0 Å². The first-order valence-corrected chi connectivity index (χ1v) is 9.60. The van der Waals surface area contributed by atoms with E-state index in [-0.39, 0.29) is 28.5 Å². The van der Waals surface area contributed by atoms with E-state index in [1.54, 1.807) is 48.5 Å². The Bertz CT molecular complexity index is 1110. The maximum Gasteiger partial charge on any atom is 0.339 e. The Balaban J connectivity index is 1.86. The van der Waals surface area contributed by atoms with Gasteiger partial charge in [-0.25, -0.2) is 10.2 Å². The number of phenols is 3. The molecule has 7 nitrogen and oxygen atoms in total. The molecule has 0 fully saturated rings. The maximum absolute atomic E-state index is 12.2. The number of amides is 2. The Hall–Kier alpha value is -3.78. The van der Waals surface area contributed by atoms with Gasteiger partial charge in [-0.3, -0.25) is 0 Å². The Morgan fingerprint density at radius 2 is 1.67 bits per heavy atom. The molecule has 0 heterocycles. The van der Waals surface area contributed by atoms with Crippen molar-refractivity contribution in [3.05, 3.63) is 88.4 Å². The summed E-state index contributed by atoms with van der Waals surface area (Å²) < 4.78 is 0.877. The standard InChI is InChI=1S/C22H18BrN3O4/c23-15-6-8-16(9-7-15)24-22(30)26-25-19(18-13-17(27)10-12-21(18)29)11-5-14-3-1-2-4-20(14)28/h1-13,27-29H,(H2,24,26,30)/b11-5+,25-19+. The summed E-state index contributed by atoms with van der Waals surface area (Å²) in [5, 5.41) is 36.6. The summed E-state index contributed by atoms with van der Waals surface area (Å²) >= 11 is 3.32. The Labute approximate surface area is 181 Å². The summed E-state index contributed by atoms with van der Waals surface area (Å²) in [6.07, 6.45) is 3.08. The maximum atomic E-state index is 12.2. The van der Waals surface area contributed by atoms with Crippen LogP contribution in [0.4, 0.5) is 10.5 Å². The predicted octanol–water partition coefficient (Wildman–Crippen LogP) is 4.81. The number of carbonyl (C=O) groups is 1. The fourth-order valence-corrected chi connectivity index (χ4v) is 2.78. The summed E-state index contributed by atoms with van der Waals surface area (Å²) in [4.78, 5) is 12.2. The molecule has 0 unspecified atom stereocenters. The zero-order chi connectivity index (χ0) is 21.5. The zero-order valence-corrected chi connectivity index (χ0v) is 17.2. The van der Waals surface area contributed by atoms with Gasteiger partial charge in [-0.05, 0) is 60.7 Å². The van der Waals surface area contributed by atoms with Crippen LogP contribution in [0.5, 0.6) is 17.2 Å². The van der Waals surface area contributed by atoms with Crippen LogP contribution in [0.15, 0.2) is 82.4 Å². The van der Waals surface area contributed by atoms with Crippen molar-refractivity contribution in [2.75, 3.05) is 5.32 Å². The fraction of sp³-hybridized carbons (Fsp3) is 0. The monoisotopic (exact) mass is 467 g/mol.